The first kappa shape index (κ1) is 13.2. The van der Waals surface area contributed by atoms with Crippen LogP contribution in [-0.4, -0.2) is 18.1 Å². The van der Waals surface area contributed by atoms with Gasteiger partial charge in [0.25, 0.3) is 5.91 Å². The molecule has 0 bridgehead atoms. The van der Waals surface area contributed by atoms with Crippen LogP contribution < -0.4 is 4.90 Å². The number of hydrogen-bond acceptors (Lipinski definition) is 2. The summed E-state index contributed by atoms with van der Waals surface area (Å²) in [6.45, 7) is 0. The minimum absolute atomic E-state index is 0.240. The Morgan fingerprint density at radius 2 is 1.90 bits per heavy atom. The fraction of sp³-hybridized carbons (Fsp3) is 0.188. The monoisotopic (exact) mass is 287 g/mol. The Morgan fingerprint density at radius 3 is 2.60 bits per heavy atom. The molecule has 1 amide bonds. The molecular formula is C16H14ClNO2. The van der Waals surface area contributed by atoms with E-state index in [9.17, 15) is 9.90 Å². The predicted molar refractivity (Wildman–Crippen MR) is 78.9 cm³/mol. The maximum absolute atomic E-state index is 12.4. The molecule has 1 heterocycles. The van der Waals surface area contributed by atoms with Gasteiger partial charge in [0.15, 0.2) is 5.60 Å². The highest BCUT2D eigenvalue weighted by Gasteiger charge is 2.48. The number of amides is 1. The van der Waals surface area contributed by atoms with E-state index in [0.717, 1.165) is 5.56 Å². The molecule has 1 aliphatic rings. The number of benzene rings is 2. The topological polar surface area (TPSA) is 40.5 Å². The lowest BCUT2D eigenvalue weighted by atomic mass is 9.88. The van der Waals surface area contributed by atoms with Crippen molar-refractivity contribution in [1.82, 2.24) is 0 Å². The molecule has 0 saturated heterocycles. The Hall–Kier alpha value is -1.84. The second-order valence-corrected chi connectivity index (χ2v) is 5.48. The molecule has 0 aromatic heterocycles. The average Bonchev–Trinajstić information content (AvgIpc) is 2.62. The third-order valence-electron chi connectivity index (χ3n) is 3.73. The van der Waals surface area contributed by atoms with Crippen molar-refractivity contribution in [3.05, 3.63) is 64.7 Å². The van der Waals surface area contributed by atoms with Gasteiger partial charge in [-0.25, -0.2) is 0 Å². The van der Waals surface area contributed by atoms with E-state index in [0.29, 0.717) is 16.3 Å². The number of anilines is 1. The van der Waals surface area contributed by atoms with Gasteiger partial charge in [-0.05, 0) is 23.8 Å². The van der Waals surface area contributed by atoms with Crippen molar-refractivity contribution in [3.63, 3.8) is 0 Å². The Morgan fingerprint density at radius 1 is 1.20 bits per heavy atom. The van der Waals surface area contributed by atoms with Crippen molar-refractivity contribution >= 4 is 23.2 Å². The summed E-state index contributed by atoms with van der Waals surface area (Å²) in [5.41, 5.74) is 0.639. The minimum Gasteiger partial charge on any atom is -0.375 e. The molecular weight excluding hydrogens is 274 g/mol. The number of aliphatic hydroxyl groups is 1. The first-order valence-corrected chi connectivity index (χ1v) is 6.74. The van der Waals surface area contributed by atoms with Crippen LogP contribution in [0, 0.1) is 0 Å². The molecule has 0 radical (unpaired) electrons. The Kier molecular flexibility index (Phi) is 3.04. The summed E-state index contributed by atoms with van der Waals surface area (Å²) in [7, 11) is 1.66. The molecule has 0 saturated carbocycles. The van der Waals surface area contributed by atoms with E-state index in [4.69, 9.17) is 11.6 Å². The van der Waals surface area contributed by atoms with Gasteiger partial charge in [-0.2, -0.15) is 0 Å². The van der Waals surface area contributed by atoms with E-state index in [1.54, 1.807) is 25.2 Å². The summed E-state index contributed by atoms with van der Waals surface area (Å²) in [6.07, 6.45) is 0.240. The lowest BCUT2D eigenvalue weighted by Crippen LogP contribution is -2.40. The van der Waals surface area contributed by atoms with Gasteiger partial charge in [-0.3, -0.25) is 4.79 Å². The van der Waals surface area contributed by atoms with Crippen LogP contribution in [0.25, 0.3) is 0 Å². The molecule has 20 heavy (non-hydrogen) atoms. The van der Waals surface area contributed by atoms with E-state index in [2.05, 4.69) is 0 Å². The SMILES string of the molecule is CN1C(=O)C(O)(Cc2ccccc2)c2cc(Cl)ccc21. The zero-order valence-electron chi connectivity index (χ0n) is 11.0. The minimum atomic E-state index is -1.55. The highest BCUT2D eigenvalue weighted by Crippen LogP contribution is 2.42. The lowest BCUT2D eigenvalue weighted by Gasteiger charge is -2.22. The van der Waals surface area contributed by atoms with Gasteiger partial charge in [0.05, 0.1) is 5.69 Å². The zero-order chi connectivity index (χ0) is 14.3. The molecule has 2 aromatic rings. The molecule has 3 nitrogen and oxygen atoms in total. The molecule has 0 spiro atoms. The number of halogens is 1. The maximum atomic E-state index is 12.4. The average molecular weight is 288 g/mol. The molecule has 0 aliphatic carbocycles. The van der Waals surface area contributed by atoms with Gasteiger partial charge in [-0.1, -0.05) is 41.9 Å². The van der Waals surface area contributed by atoms with Crippen molar-refractivity contribution in [2.24, 2.45) is 0 Å². The van der Waals surface area contributed by atoms with Crippen LogP contribution in [0.3, 0.4) is 0 Å². The van der Waals surface area contributed by atoms with Gasteiger partial charge < -0.3 is 10.0 Å². The van der Waals surface area contributed by atoms with Gasteiger partial charge >= 0.3 is 0 Å². The van der Waals surface area contributed by atoms with Crippen LogP contribution in [-0.2, 0) is 16.8 Å². The van der Waals surface area contributed by atoms with Crippen LogP contribution in [0.5, 0.6) is 0 Å². The third-order valence-corrected chi connectivity index (χ3v) is 3.96. The predicted octanol–water partition coefficient (Wildman–Crippen LogP) is 2.75. The fourth-order valence-electron chi connectivity index (χ4n) is 2.70. The standard InChI is InChI=1S/C16H14ClNO2/c1-18-14-8-7-12(17)9-13(14)16(20,15(18)19)10-11-5-3-2-4-6-11/h2-9,20H,10H2,1H3. The molecule has 1 unspecified atom stereocenters. The molecule has 1 N–H and O–H groups in total. The summed E-state index contributed by atoms with van der Waals surface area (Å²) >= 11 is 6.01. The van der Waals surface area contributed by atoms with E-state index in [1.165, 1.54) is 4.90 Å². The number of carbonyl (C=O) groups excluding carboxylic acids is 1. The van der Waals surface area contributed by atoms with Crippen molar-refractivity contribution in [2.45, 2.75) is 12.0 Å². The fourth-order valence-corrected chi connectivity index (χ4v) is 2.87. The van der Waals surface area contributed by atoms with Crippen molar-refractivity contribution < 1.29 is 9.90 Å². The van der Waals surface area contributed by atoms with Gasteiger partial charge in [0.2, 0.25) is 0 Å². The van der Waals surface area contributed by atoms with Crippen molar-refractivity contribution in [2.75, 3.05) is 11.9 Å². The largest absolute Gasteiger partial charge is 0.375 e. The summed E-state index contributed by atoms with van der Waals surface area (Å²) in [5, 5.41) is 11.4. The van der Waals surface area contributed by atoms with Crippen molar-refractivity contribution in [1.29, 1.82) is 0 Å². The molecule has 1 atom stereocenters. The van der Waals surface area contributed by atoms with Crippen LogP contribution in [0.15, 0.2) is 48.5 Å². The molecule has 2 aromatic carbocycles. The summed E-state index contributed by atoms with van der Waals surface area (Å²) < 4.78 is 0. The summed E-state index contributed by atoms with van der Waals surface area (Å²) in [5.74, 6) is -0.321. The van der Waals surface area contributed by atoms with E-state index >= 15 is 0 Å². The number of rotatable bonds is 2. The maximum Gasteiger partial charge on any atom is 0.263 e. The Labute approximate surface area is 122 Å². The van der Waals surface area contributed by atoms with Gasteiger partial charge in [-0.15, -0.1) is 0 Å². The lowest BCUT2D eigenvalue weighted by molar-refractivity contribution is -0.135. The quantitative estimate of drug-likeness (QED) is 0.923. The highest BCUT2D eigenvalue weighted by molar-refractivity contribution is 6.31. The Bertz CT molecular complexity index is 671. The number of nitrogens with zero attached hydrogens (tertiary/aromatic N) is 1. The van der Waals surface area contributed by atoms with Gasteiger partial charge in [0, 0.05) is 24.1 Å². The second-order valence-electron chi connectivity index (χ2n) is 5.05. The molecule has 4 heteroatoms. The van der Waals surface area contributed by atoms with Crippen LogP contribution in [0.1, 0.15) is 11.1 Å². The molecule has 0 fully saturated rings. The van der Waals surface area contributed by atoms with Gasteiger partial charge in [0.1, 0.15) is 0 Å². The van der Waals surface area contributed by atoms with E-state index < -0.39 is 5.60 Å². The number of likely N-dealkylation sites (N-methyl/N-ethyl adjacent to an activating group) is 1. The number of fused-ring (bicyclic) bond motifs is 1. The van der Waals surface area contributed by atoms with E-state index in [-0.39, 0.29) is 12.3 Å². The normalized spacial score (nSPS) is 21.1. The number of carbonyl (C=O) groups is 1. The zero-order valence-corrected chi connectivity index (χ0v) is 11.8. The van der Waals surface area contributed by atoms with Crippen LogP contribution in [0.4, 0.5) is 5.69 Å². The van der Waals surface area contributed by atoms with Crippen molar-refractivity contribution in [3.8, 4) is 0 Å². The summed E-state index contributed by atoms with van der Waals surface area (Å²) in [6, 6.07) is 14.6. The van der Waals surface area contributed by atoms with Crippen LogP contribution >= 0.6 is 11.6 Å². The first-order chi connectivity index (χ1) is 9.52. The third kappa shape index (κ3) is 1.90. The summed E-state index contributed by atoms with van der Waals surface area (Å²) in [4.78, 5) is 13.9. The molecule has 102 valence electrons. The molecule has 1 aliphatic heterocycles. The highest BCUT2D eigenvalue weighted by atomic mass is 35.5. The Balaban J connectivity index is 2.09. The number of hydrogen-bond donors (Lipinski definition) is 1. The smallest absolute Gasteiger partial charge is 0.263 e. The molecule has 3 rings (SSSR count). The van der Waals surface area contributed by atoms with E-state index in [1.807, 2.05) is 30.3 Å². The second kappa shape index (κ2) is 4.62. The van der Waals surface area contributed by atoms with Crippen LogP contribution in [0.2, 0.25) is 5.02 Å². The first-order valence-electron chi connectivity index (χ1n) is 6.37.